The molecule has 2 amide bonds. The fraction of sp³-hybridized carbons (Fsp3) is 0.359. The minimum absolute atomic E-state index is 0.0315. The molecule has 0 unspecified atom stereocenters. The van der Waals surface area contributed by atoms with Crippen LogP contribution in [-0.4, -0.2) is 17.0 Å². The quantitative estimate of drug-likeness (QED) is 0.205. The Labute approximate surface area is 258 Å². The second-order valence-corrected chi connectivity index (χ2v) is 12.5. The average molecular weight is 575 g/mol. The highest BCUT2D eigenvalue weighted by Gasteiger charge is 2.31. The molecule has 0 aliphatic heterocycles. The number of para-hydroxylation sites is 2. The van der Waals surface area contributed by atoms with Gasteiger partial charge in [-0.2, -0.15) is 0 Å². The van der Waals surface area contributed by atoms with Crippen molar-refractivity contribution < 1.29 is 9.53 Å². The van der Waals surface area contributed by atoms with Gasteiger partial charge in [-0.1, -0.05) is 125 Å². The molecule has 0 atom stereocenters. The number of hydrogen-bond acceptors (Lipinski definition) is 2. The summed E-state index contributed by atoms with van der Waals surface area (Å²) in [4.78, 5) is 16.5. The summed E-state index contributed by atoms with van der Waals surface area (Å²) in [5.74, 6) is 1.97. The van der Waals surface area contributed by atoms with Crippen molar-refractivity contribution in [2.75, 3.05) is 5.32 Å². The molecular formula is C39H46N2O2. The first-order valence-electron chi connectivity index (χ1n) is 15.9. The van der Waals surface area contributed by atoms with E-state index in [4.69, 9.17) is 4.74 Å². The molecule has 4 heteroatoms. The van der Waals surface area contributed by atoms with Crippen molar-refractivity contribution in [1.29, 1.82) is 0 Å². The van der Waals surface area contributed by atoms with Crippen LogP contribution in [0.2, 0.25) is 0 Å². The van der Waals surface area contributed by atoms with Crippen LogP contribution in [-0.2, 0) is 13.2 Å². The van der Waals surface area contributed by atoms with Gasteiger partial charge in [0, 0.05) is 17.3 Å². The summed E-state index contributed by atoms with van der Waals surface area (Å²) in [5, 5.41) is 3.43. The van der Waals surface area contributed by atoms with Gasteiger partial charge in [0.05, 0.1) is 6.54 Å². The zero-order valence-corrected chi connectivity index (χ0v) is 26.1. The molecule has 1 aliphatic carbocycles. The number of amides is 2. The smallest absolute Gasteiger partial charge is 0.322 e. The van der Waals surface area contributed by atoms with Crippen molar-refractivity contribution in [3.05, 3.63) is 131 Å². The molecule has 5 rings (SSSR count). The molecule has 1 aliphatic rings. The Morgan fingerprint density at radius 1 is 0.744 bits per heavy atom. The molecule has 43 heavy (non-hydrogen) atoms. The molecule has 0 radical (unpaired) electrons. The SMILES string of the molecule is CC(C)c1cccc(C(C)C)c1NC(=O)N(Cc1ccccc1OCc1ccccc1)[C@H]1CC[C@H](c2ccccc2)CC1. The Morgan fingerprint density at radius 3 is 1.95 bits per heavy atom. The maximum absolute atomic E-state index is 14.4. The lowest BCUT2D eigenvalue weighted by atomic mass is 9.81. The lowest BCUT2D eigenvalue weighted by molar-refractivity contribution is 0.156. The summed E-state index contributed by atoms with van der Waals surface area (Å²) in [6.45, 7) is 9.76. The zero-order chi connectivity index (χ0) is 30.2. The maximum atomic E-state index is 14.4. The van der Waals surface area contributed by atoms with Gasteiger partial charge in [0.2, 0.25) is 0 Å². The lowest BCUT2D eigenvalue weighted by Crippen LogP contribution is -2.44. The molecule has 4 aromatic carbocycles. The monoisotopic (exact) mass is 574 g/mol. The first-order chi connectivity index (χ1) is 20.9. The molecule has 0 saturated heterocycles. The predicted molar refractivity (Wildman–Crippen MR) is 178 cm³/mol. The first kappa shape index (κ1) is 30.4. The Kier molecular flexibility index (Phi) is 10.2. The molecule has 0 bridgehead atoms. The van der Waals surface area contributed by atoms with Crippen molar-refractivity contribution in [2.24, 2.45) is 0 Å². The molecule has 1 saturated carbocycles. The number of rotatable bonds is 10. The standard InChI is InChI=1S/C39H46N2O2/c1-28(2)35-19-13-20-36(29(3)4)38(35)40-39(42)41(34-24-22-32(23-25-34)31-16-9-6-10-17-31)26-33-18-11-12-21-37(33)43-27-30-14-7-5-8-15-30/h5-21,28-29,32,34H,22-27H2,1-4H3,(H,40,42)/t32-,34-. The van der Waals surface area contributed by atoms with Crippen molar-refractivity contribution in [3.8, 4) is 5.75 Å². The van der Waals surface area contributed by atoms with Gasteiger partial charge in [-0.25, -0.2) is 4.79 Å². The van der Waals surface area contributed by atoms with Crippen LogP contribution >= 0.6 is 0 Å². The summed E-state index contributed by atoms with van der Waals surface area (Å²) < 4.78 is 6.33. The van der Waals surface area contributed by atoms with Gasteiger partial charge in [0.25, 0.3) is 0 Å². The van der Waals surface area contributed by atoms with Crippen LogP contribution in [0, 0.1) is 0 Å². The fourth-order valence-corrected chi connectivity index (χ4v) is 6.38. The number of hydrogen-bond donors (Lipinski definition) is 1. The first-order valence-corrected chi connectivity index (χ1v) is 15.9. The summed E-state index contributed by atoms with van der Waals surface area (Å²) >= 11 is 0. The van der Waals surface area contributed by atoms with Crippen LogP contribution in [0.5, 0.6) is 5.75 Å². The van der Waals surface area contributed by atoms with Crippen LogP contribution in [0.25, 0.3) is 0 Å². The highest BCUT2D eigenvalue weighted by atomic mass is 16.5. The average Bonchev–Trinajstić information content (AvgIpc) is 3.04. The van der Waals surface area contributed by atoms with Gasteiger partial charge < -0.3 is 15.0 Å². The maximum Gasteiger partial charge on any atom is 0.322 e. The number of urea groups is 1. The molecule has 1 N–H and O–H groups in total. The van der Waals surface area contributed by atoms with Crippen LogP contribution in [0.1, 0.15) is 98.9 Å². The third kappa shape index (κ3) is 7.67. The van der Waals surface area contributed by atoms with Gasteiger partial charge in [-0.05, 0) is 71.8 Å². The van der Waals surface area contributed by atoms with Crippen molar-refractivity contribution in [2.45, 2.75) is 90.3 Å². The summed E-state index contributed by atoms with van der Waals surface area (Å²) in [7, 11) is 0. The largest absolute Gasteiger partial charge is 0.489 e. The molecule has 224 valence electrons. The molecule has 0 aromatic heterocycles. The van der Waals surface area contributed by atoms with E-state index in [1.807, 2.05) is 36.4 Å². The Morgan fingerprint density at radius 2 is 1.33 bits per heavy atom. The molecule has 0 spiro atoms. The fourth-order valence-electron chi connectivity index (χ4n) is 6.38. The normalized spacial score (nSPS) is 16.7. The van der Waals surface area contributed by atoms with E-state index in [9.17, 15) is 4.79 Å². The Balaban J connectivity index is 1.41. The highest BCUT2D eigenvalue weighted by Crippen LogP contribution is 2.37. The van der Waals surface area contributed by atoms with Gasteiger partial charge in [0.15, 0.2) is 0 Å². The van der Waals surface area contributed by atoms with Gasteiger partial charge in [-0.3, -0.25) is 0 Å². The van der Waals surface area contributed by atoms with Crippen LogP contribution < -0.4 is 10.1 Å². The van der Waals surface area contributed by atoms with Crippen LogP contribution in [0.3, 0.4) is 0 Å². The number of anilines is 1. The van der Waals surface area contributed by atoms with E-state index in [1.54, 1.807) is 0 Å². The van der Waals surface area contributed by atoms with Crippen LogP contribution in [0.4, 0.5) is 10.5 Å². The van der Waals surface area contributed by atoms with E-state index in [0.29, 0.717) is 30.9 Å². The van der Waals surface area contributed by atoms with E-state index in [0.717, 1.165) is 48.2 Å². The lowest BCUT2D eigenvalue weighted by Gasteiger charge is -2.38. The molecule has 0 heterocycles. The van der Waals surface area contributed by atoms with E-state index >= 15 is 0 Å². The molecule has 4 aromatic rings. The minimum atomic E-state index is -0.0315. The number of carbonyl (C=O) groups excluding carboxylic acids is 1. The molecular weight excluding hydrogens is 528 g/mol. The number of nitrogens with zero attached hydrogens (tertiary/aromatic N) is 1. The van der Waals surface area contributed by atoms with Crippen molar-refractivity contribution in [1.82, 2.24) is 4.90 Å². The Hall–Kier alpha value is -4.05. The summed E-state index contributed by atoms with van der Waals surface area (Å²) in [6, 6.07) is 35.7. The summed E-state index contributed by atoms with van der Waals surface area (Å²) in [5.41, 5.74) is 6.88. The number of benzene rings is 4. The molecule has 4 nitrogen and oxygen atoms in total. The van der Waals surface area contributed by atoms with E-state index in [1.165, 1.54) is 16.7 Å². The third-order valence-corrected chi connectivity index (χ3v) is 8.82. The summed E-state index contributed by atoms with van der Waals surface area (Å²) in [6.07, 6.45) is 4.10. The predicted octanol–water partition coefficient (Wildman–Crippen LogP) is 10.3. The highest BCUT2D eigenvalue weighted by molar-refractivity contribution is 5.91. The van der Waals surface area contributed by atoms with E-state index in [-0.39, 0.29) is 12.1 Å². The second-order valence-electron chi connectivity index (χ2n) is 12.5. The zero-order valence-electron chi connectivity index (χ0n) is 26.1. The van der Waals surface area contributed by atoms with Crippen molar-refractivity contribution in [3.63, 3.8) is 0 Å². The van der Waals surface area contributed by atoms with E-state index < -0.39 is 0 Å². The number of ether oxygens (including phenoxy) is 1. The third-order valence-electron chi connectivity index (χ3n) is 8.82. The van der Waals surface area contributed by atoms with E-state index in [2.05, 4.69) is 105 Å². The second kappa shape index (κ2) is 14.4. The number of nitrogens with one attached hydrogen (secondary N) is 1. The van der Waals surface area contributed by atoms with Gasteiger partial charge >= 0.3 is 6.03 Å². The number of carbonyl (C=O) groups is 1. The Bertz CT molecular complexity index is 1430. The van der Waals surface area contributed by atoms with Gasteiger partial charge in [0.1, 0.15) is 12.4 Å². The van der Waals surface area contributed by atoms with Crippen molar-refractivity contribution >= 4 is 11.7 Å². The van der Waals surface area contributed by atoms with Gasteiger partial charge in [-0.15, -0.1) is 0 Å². The van der Waals surface area contributed by atoms with Crippen LogP contribution in [0.15, 0.2) is 103 Å². The molecule has 1 fully saturated rings. The topological polar surface area (TPSA) is 41.6 Å². The minimum Gasteiger partial charge on any atom is -0.489 e.